The van der Waals surface area contributed by atoms with Crippen molar-refractivity contribution in [2.24, 2.45) is 5.41 Å². The first-order chi connectivity index (χ1) is 10.5. The van der Waals surface area contributed by atoms with Gasteiger partial charge in [-0.05, 0) is 43.1 Å². The minimum absolute atomic E-state index is 0.00846. The van der Waals surface area contributed by atoms with E-state index in [0.29, 0.717) is 22.8 Å². The third-order valence-corrected chi connectivity index (χ3v) is 4.20. The molecule has 1 aliphatic rings. The van der Waals surface area contributed by atoms with Gasteiger partial charge in [0.05, 0.1) is 0 Å². The van der Waals surface area contributed by atoms with Gasteiger partial charge < -0.3 is 9.25 Å². The van der Waals surface area contributed by atoms with E-state index in [1.807, 2.05) is 0 Å². The van der Waals surface area contributed by atoms with Gasteiger partial charge in [0.2, 0.25) is 5.71 Å². The first-order valence-electron chi connectivity index (χ1n) is 7.41. The predicted octanol–water partition coefficient (Wildman–Crippen LogP) is 1.51. The van der Waals surface area contributed by atoms with Crippen molar-refractivity contribution in [3.8, 4) is 6.01 Å². The highest BCUT2D eigenvalue weighted by Gasteiger charge is 2.36. The third-order valence-electron chi connectivity index (χ3n) is 4.20. The summed E-state index contributed by atoms with van der Waals surface area (Å²) in [5, 5.41) is 0.323. The van der Waals surface area contributed by atoms with Crippen LogP contribution in [0.3, 0.4) is 0 Å². The van der Waals surface area contributed by atoms with Gasteiger partial charge in [0.1, 0.15) is 5.39 Å². The van der Waals surface area contributed by atoms with Crippen molar-refractivity contribution >= 4 is 11.1 Å². The van der Waals surface area contributed by atoms with Crippen LogP contribution in [0.1, 0.15) is 38.2 Å². The van der Waals surface area contributed by atoms with Crippen molar-refractivity contribution < 1.29 is 9.25 Å². The predicted molar refractivity (Wildman–Crippen MR) is 80.9 cm³/mol. The van der Waals surface area contributed by atoms with Crippen LogP contribution in [0.25, 0.3) is 11.1 Å². The molecule has 3 rings (SSSR count). The van der Waals surface area contributed by atoms with Gasteiger partial charge in [-0.3, -0.25) is 9.78 Å². The molecule has 22 heavy (non-hydrogen) atoms. The second-order valence-electron chi connectivity index (χ2n) is 6.11. The summed E-state index contributed by atoms with van der Waals surface area (Å²) < 4.78 is 5.04. The molecule has 1 saturated carbocycles. The molecule has 0 atom stereocenters. The molecule has 0 aromatic carbocycles. The lowest BCUT2D eigenvalue weighted by Gasteiger charge is -2.08. The molecule has 7 heteroatoms. The summed E-state index contributed by atoms with van der Waals surface area (Å²) in [6, 6.07) is 1.35. The van der Waals surface area contributed by atoms with Crippen LogP contribution in [-0.2, 0) is 6.42 Å². The molecular formula is C15H19N3O4. The maximum Gasteiger partial charge on any atom is 0.337 e. The molecule has 2 N–H and O–H groups in total. The second-order valence-corrected chi connectivity index (χ2v) is 6.11. The van der Waals surface area contributed by atoms with Gasteiger partial charge in [0.25, 0.3) is 5.56 Å². The number of aromatic amines is 1. The van der Waals surface area contributed by atoms with Crippen LogP contribution in [0.5, 0.6) is 6.01 Å². The molecule has 1 aliphatic carbocycles. The molecule has 0 saturated heterocycles. The molecule has 2 aromatic heterocycles. The zero-order valence-electron chi connectivity index (χ0n) is 12.7. The van der Waals surface area contributed by atoms with E-state index in [1.54, 1.807) is 0 Å². The SMILES string of the molecule is CNOc1nc2oc(=O)cc(CCCC3(C)CC3)c2c(=O)[nH]1. The van der Waals surface area contributed by atoms with E-state index < -0.39 is 5.63 Å². The molecule has 0 radical (unpaired) electrons. The van der Waals surface area contributed by atoms with E-state index in [0.717, 1.165) is 12.8 Å². The van der Waals surface area contributed by atoms with E-state index in [9.17, 15) is 9.59 Å². The van der Waals surface area contributed by atoms with E-state index in [1.165, 1.54) is 26.0 Å². The van der Waals surface area contributed by atoms with Gasteiger partial charge in [0.15, 0.2) is 0 Å². The Morgan fingerprint density at radius 3 is 2.91 bits per heavy atom. The highest BCUT2D eigenvalue weighted by Crippen LogP contribution is 2.49. The number of rotatable bonds is 6. The lowest BCUT2D eigenvalue weighted by molar-refractivity contribution is 0.203. The topological polar surface area (TPSA) is 97.2 Å². The van der Waals surface area contributed by atoms with E-state index >= 15 is 0 Å². The standard InChI is InChI=1S/C15H19N3O4/c1-15(6-7-15)5-3-4-9-8-10(19)21-13-11(9)12(20)17-14(18-13)22-16-2/h8,16H,3-7H2,1-2H3,(H,17,18,20). The summed E-state index contributed by atoms with van der Waals surface area (Å²) in [4.78, 5) is 35.4. The Kier molecular flexibility index (Phi) is 3.74. The Morgan fingerprint density at radius 1 is 1.45 bits per heavy atom. The second kappa shape index (κ2) is 5.57. The van der Waals surface area contributed by atoms with Crippen molar-refractivity contribution in [2.75, 3.05) is 7.05 Å². The number of nitrogens with one attached hydrogen (secondary N) is 2. The molecule has 118 valence electrons. The van der Waals surface area contributed by atoms with Crippen molar-refractivity contribution in [2.45, 2.75) is 39.0 Å². The van der Waals surface area contributed by atoms with Gasteiger partial charge >= 0.3 is 11.6 Å². The van der Waals surface area contributed by atoms with Crippen LogP contribution in [0, 0.1) is 5.41 Å². The average molecular weight is 305 g/mol. The Labute approximate surface area is 126 Å². The van der Waals surface area contributed by atoms with Crippen LogP contribution in [0.15, 0.2) is 20.1 Å². The van der Waals surface area contributed by atoms with Gasteiger partial charge in [-0.15, -0.1) is 0 Å². The van der Waals surface area contributed by atoms with Crippen LogP contribution in [0.2, 0.25) is 0 Å². The number of H-pyrrole nitrogens is 1. The molecule has 2 aromatic rings. The summed E-state index contributed by atoms with van der Waals surface area (Å²) in [6.45, 7) is 2.26. The van der Waals surface area contributed by atoms with Crippen molar-refractivity contribution in [3.63, 3.8) is 0 Å². The molecule has 2 heterocycles. The summed E-state index contributed by atoms with van der Waals surface area (Å²) in [7, 11) is 1.54. The number of nitrogens with zero attached hydrogens (tertiary/aromatic N) is 1. The number of hydroxylamine groups is 1. The molecule has 0 spiro atoms. The Morgan fingerprint density at radius 2 is 2.23 bits per heavy atom. The summed E-state index contributed by atoms with van der Waals surface area (Å²) >= 11 is 0. The fraction of sp³-hybridized carbons (Fsp3) is 0.533. The fourth-order valence-electron chi connectivity index (χ4n) is 2.64. The zero-order valence-corrected chi connectivity index (χ0v) is 12.7. The van der Waals surface area contributed by atoms with Crippen LogP contribution in [-0.4, -0.2) is 17.0 Å². The number of aryl methyl sites for hydroxylation is 1. The third kappa shape index (κ3) is 3.04. The Bertz CT molecular complexity index is 805. The van der Waals surface area contributed by atoms with Crippen LogP contribution in [0.4, 0.5) is 0 Å². The summed E-state index contributed by atoms with van der Waals surface area (Å²) in [5.74, 6) is 0. The maximum atomic E-state index is 12.2. The number of hydrogen-bond donors (Lipinski definition) is 2. The van der Waals surface area contributed by atoms with E-state index in [-0.39, 0.29) is 17.3 Å². The molecule has 0 bridgehead atoms. The van der Waals surface area contributed by atoms with E-state index in [4.69, 9.17) is 9.25 Å². The lowest BCUT2D eigenvalue weighted by atomic mass is 9.98. The monoisotopic (exact) mass is 305 g/mol. The van der Waals surface area contributed by atoms with Gasteiger partial charge in [-0.1, -0.05) is 6.92 Å². The van der Waals surface area contributed by atoms with E-state index in [2.05, 4.69) is 22.4 Å². The average Bonchev–Trinajstić information content (AvgIpc) is 3.16. The lowest BCUT2D eigenvalue weighted by Crippen LogP contribution is -2.19. The Hall–Kier alpha value is -2.15. The Balaban J connectivity index is 1.94. The molecular weight excluding hydrogens is 286 g/mol. The highest BCUT2D eigenvalue weighted by molar-refractivity contribution is 5.75. The highest BCUT2D eigenvalue weighted by atomic mass is 16.7. The summed E-state index contributed by atoms with van der Waals surface area (Å²) in [5.41, 5.74) is 2.68. The van der Waals surface area contributed by atoms with Crippen molar-refractivity contribution in [1.82, 2.24) is 15.4 Å². The minimum Gasteiger partial charge on any atom is -0.403 e. The fourth-order valence-corrected chi connectivity index (χ4v) is 2.64. The number of aromatic nitrogens is 2. The quantitative estimate of drug-likeness (QED) is 0.785. The molecule has 7 nitrogen and oxygen atoms in total. The smallest absolute Gasteiger partial charge is 0.337 e. The van der Waals surface area contributed by atoms with Crippen LogP contribution < -0.4 is 21.5 Å². The van der Waals surface area contributed by atoms with Gasteiger partial charge in [0, 0.05) is 13.1 Å². The molecule has 0 unspecified atom stereocenters. The van der Waals surface area contributed by atoms with Crippen LogP contribution >= 0.6 is 0 Å². The largest absolute Gasteiger partial charge is 0.403 e. The first-order valence-corrected chi connectivity index (χ1v) is 7.41. The first kappa shape index (κ1) is 14.8. The minimum atomic E-state index is -0.506. The zero-order chi connectivity index (χ0) is 15.7. The number of hydrogen-bond acceptors (Lipinski definition) is 6. The molecule has 0 amide bonds. The van der Waals surface area contributed by atoms with Crippen molar-refractivity contribution in [3.05, 3.63) is 32.4 Å². The molecule has 1 fully saturated rings. The molecule has 0 aliphatic heterocycles. The summed E-state index contributed by atoms with van der Waals surface area (Å²) in [6.07, 6.45) is 5.22. The normalized spacial score (nSPS) is 15.9. The van der Waals surface area contributed by atoms with Crippen molar-refractivity contribution in [1.29, 1.82) is 0 Å². The van der Waals surface area contributed by atoms with Gasteiger partial charge in [-0.2, -0.15) is 10.5 Å². The van der Waals surface area contributed by atoms with Gasteiger partial charge in [-0.25, -0.2) is 4.79 Å². The number of fused-ring (bicyclic) bond motifs is 1. The maximum absolute atomic E-state index is 12.2.